The zero-order valence-electron chi connectivity index (χ0n) is 13.3. The predicted molar refractivity (Wildman–Crippen MR) is 95.6 cm³/mol. The average molecular weight is 363 g/mol. The minimum atomic E-state index is -3.30. The van der Waals surface area contributed by atoms with Crippen LogP contribution in [-0.2, 0) is 14.8 Å². The van der Waals surface area contributed by atoms with Crippen molar-refractivity contribution in [3.05, 3.63) is 52.2 Å². The van der Waals surface area contributed by atoms with Crippen molar-refractivity contribution in [2.45, 2.75) is 19.4 Å². The lowest BCUT2D eigenvalue weighted by molar-refractivity contribution is -0.130. The maximum atomic E-state index is 11.9. The molecule has 1 aliphatic heterocycles. The average Bonchev–Trinajstić information content (AvgIpc) is 3.15. The van der Waals surface area contributed by atoms with Gasteiger partial charge in [-0.25, -0.2) is 13.4 Å². The first kappa shape index (κ1) is 16.7. The molecule has 0 saturated carbocycles. The summed E-state index contributed by atoms with van der Waals surface area (Å²) in [4.78, 5) is 13.0. The van der Waals surface area contributed by atoms with Crippen LogP contribution < -0.4 is 4.72 Å². The number of hydrogen-bond donors (Lipinski definition) is 1. The van der Waals surface area contributed by atoms with Crippen LogP contribution in [0, 0.1) is 0 Å². The highest BCUT2D eigenvalue weighted by atomic mass is 32.2. The van der Waals surface area contributed by atoms with E-state index in [4.69, 9.17) is 0 Å². The molecule has 0 aliphatic carbocycles. The van der Waals surface area contributed by atoms with E-state index in [1.807, 2.05) is 29.6 Å². The van der Waals surface area contributed by atoms with Crippen LogP contribution in [0.5, 0.6) is 0 Å². The van der Waals surface area contributed by atoms with Crippen LogP contribution >= 0.6 is 11.3 Å². The highest BCUT2D eigenvalue weighted by Gasteiger charge is 2.31. The summed E-state index contributed by atoms with van der Waals surface area (Å²) in [5.41, 5.74) is 2.19. The molecule has 0 spiro atoms. The second-order valence-corrected chi connectivity index (χ2v) is 8.32. The van der Waals surface area contributed by atoms with E-state index in [-0.39, 0.29) is 11.9 Å². The Morgan fingerprint density at radius 2 is 2.00 bits per heavy atom. The third-order valence-electron chi connectivity index (χ3n) is 3.63. The van der Waals surface area contributed by atoms with Crippen molar-refractivity contribution in [1.29, 1.82) is 0 Å². The first-order valence-corrected chi connectivity index (χ1v) is 10.1. The molecule has 2 heterocycles. The molecule has 1 aromatic heterocycles. The number of rotatable bonds is 4. The molecule has 1 aromatic carbocycles. The number of sulfonamides is 1. The monoisotopic (exact) mass is 363 g/mol. The Morgan fingerprint density at radius 1 is 1.29 bits per heavy atom. The number of anilines is 1. The molecule has 0 bridgehead atoms. The minimum absolute atomic E-state index is 0.0775. The SMILES string of the molecule is CC(=O)N1N=C(c2ccc(NS(C)(=O)=O)cc2)C[C@@H]1c1cccs1. The molecule has 8 heteroatoms. The van der Waals surface area contributed by atoms with Crippen molar-refractivity contribution < 1.29 is 13.2 Å². The van der Waals surface area contributed by atoms with Crippen molar-refractivity contribution in [1.82, 2.24) is 5.01 Å². The van der Waals surface area contributed by atoms with Gasteiger partial charge in [0.25, 0.3) is 0 Å². The Morgan fingerprint density at radius 3 is 2.54 bits per heavy atom. The van der Waals surface area contributed by atoms with Gasteiger partial charge in [0.15, 0.2) is 0 Å². The highest BCUT2D eigenvalue weighted by molar-refractivity contribution is 7.92. The molecule has 1 amide bonds. The maximum Gasteiger partial charge on any atom is 0.240 e. The topological polar surface area (TPSA) is 78.8 Å². The number of hydrogen-bond acceptors (Lipinski definition) is 5. The van der Waals surface area contributed by atoms with E-state index in [0.29, 0.717) is 12.1 Å². The molecule has 24 heavy (non-hydrogen) atoms. The molecule has 2 aromatic rings. The number of nitrogens with one attached hydrogen (secondary N) is 1. The normalized spacial score (nSPS) is 17.7. The van der Waals surface area contributed by atoms with Crippen molar-refractivity contribution in [2.24, 2.45) is 5.10 Å². The van der Waals surface area contributed by atoms with Crippen LogP contribution in [0.1, 0.15) is 29.8 Å². The summed E-state index contributed by atoms with van der Waals surface area (Å²) in [5, 5.41) is 7.97. The van der Waals surface area contributed by atoms with E-state index in [1.54, 1.807) is 23.5 Å². The third kappa shape index (κ3) is 3.65. The number of nitrogens with zero attached hydrogens (tertiary/aromatic N) is 2. The fraction of sp³-hybridized carbons (Fsp3) is 0.250. The van der Waals surface area contributed by atoms with Crippen LogP contribution in [0.3, 0.4) is 0 Å². The molecule has 0 saturated heterocycles. The Kier molecular flexibility index (Phi) is 4.42. The van der Waals surface area contributed by atoms with Crippen molar-refractivity contribution in [3.63, 3.8) is 0 Å². The van der Waals surface area contributed by atoms with Gasteiger partial charge >= 0.3 is 0 Å². The number of benzene rings is 1. The highest BCUT2D eigenvalue weighted by Crippen LogP contribution is 2.35. The Hall–Kier alpha value is -2.19. The summed E-state index contributed by atoms with van der Waals surface area (Å²) in [6.45, 7) is 1.51. The second-order valence-electron chi connectivity index (χ2n) is 5.60. The minimum Gasteiger partial charge on any atom is -0.284 e. The number of amides is 1. The molecular formula is C16H17N3O3S2. The molecular weight excluding hydrogens is 346 g/mol. The number of thiophene rings is 1. The van der Waals surface area contributed by atoms with E-state index in [1.165, 1.54) is 11.9 Å². The Labute approximate surface area is 144 Å². The van der Waals surface area contributed by atoms with E-state index in [9.17, 15) is 13.2 Å². The molecule has 1 aliphatic rings. The number of hydrazone groups is 1. The summed E-state index contributed by atoms with van der Waals surface area (Å²) in [6, 6.07) is 10.9. The van der Waals surface area contributed by atoms with Gasteiger partial charge in [0.2, 0.25) is 15.9 Å². The first-order chi connectivity index (χ1) is 11.3. The molecule has 1 atom stereocenters. The fourth-order valence-electron chi connectivity index (χ4n) is 2.62. The molecule has 1 N–H and O–H groups in total. The van der Waals surface area contributed by atoms with Gasteiger partial charge in [0, 0.05) is 23.9 Å². The quantitative estimate of drug-likeness (QED) is 0.907. The van der Waals surface area contributed by atoms with E-state index >= 15 is 0 Å². The molecule has 3 rings (SSSR count). The lowest BCUT2D eigenvalue weighted by Gasteiger charge is -2.18. The van der Waals surface area contributed by atoms with Gasteiger partial charge in [-0.3, -0.25) is 9.52 Å². The molecule has 0 unspecified atom stereocenters. The van der Waals surface area contributed by atoms with Crippen LogP contribution in [-0.4, -0.2) is 31.3 Å². The first-order valence-electron chi connectivity index (χ1n) is 7.32. The standard InChI is InChI=1S/C16H17N3O3S2/c1-11(20)19-15(16-4-3-9-23-16)10-14(17-19)12-5-7-13(8-6-12)18-24(2,21)22/h3-9,15,18H,10H2,1-2H3/t15-/m1/s1. The van der Waals surface area contributed by atoms with Gasteiger partial charge in [0.05, 0.1) is 18.0 Å². The largest absolute Gasteiger partial charge is 0.284 e. The lowest BCUT2D eigenvalue weighted by atomic mass is 10.0. The molecule has 0 fully saturated rings. The zero-order valence-corrected chi connectivity index (χ0v) is 14.9. The van der Waals surface area contributed by atoms with Gasteiger partial charge < -0.3 is 0 Å². The van der Waals surface area contributed by atoms with Crippen LogP contribution in [0.4, 0.5) is 5.69 Å². The predicted octanol–water partition coefficient (Wildman–Crippen LogP) is 2.82. The smallest absolute Gasteiger partial charge is 0.240 e. The summed E-state index contributed by atoms with van der Waals surface area (Å²) < 4.78 is 24.9. The van der Waals surface area contributed by atoms with Crippen molar-refractivity contribution in [3.8, 4) is 0 Å². The van der Waals surface area contributed by atoms with E-state index < -0.39 is 10.0 Å². The summed E-state index contributed by atoms with van der Waals surface area (Å²) in [7, 11) is -3.30. The zero-order chi connectivity index (χ0) is 17.3. The van der Waals surface area contributed by atoms with Crippen molar-refractivity contribution >= 4 is 38.7 Å². The van der Waals surface area contributed by atoms with Crippen LogP contribution in [0.15, 0.2) is 46.9 Å². The van der Waals surface area contributed by atoms with Gasteiger partial charge in [-0.2, -0.15) is 5.10 Å². The maximum absolute atomic E-state index is 11.9. The van der Waals surface area contributed by atoms with Crippen LogP contribution in [0.25, 0.3) is 0 Å². The van der Waals surface area contributed by atoms with Crippen molar-refractivity contribution in [2.75, 3.05) is 11.0 Å². The molecule has 126 valence electrons. The van der Waals surface area contributed by atoms with Crippen LogP contribution in [0.2, 0.25) is 0 Å². The van der Waals surface area contributed by atoms with Gasteiger partial charge in [-0.05, 0) is 29.1 Å². The fourth-order valence-corrected chi connectivity index (χ4v) is 4.00. The number of carbonyl (C=O) groups is 1. The Balaban J connectivity index is 1.84. The molecule has 0 radical (unpaired) electrons. The van der Waals surface area contributed by atoms with E-state index in [0.717, 1.165) is 22.4 Å². The molecule has 6 nitrogen and oxygen atoms in total. The summed E-state index contributed by atoms with van der Waals surface area (Å²) in [6.07, 6.45) is 1.75. The summed E-state index contributed by atoms with van der Waals surface area (Å²) >= 11 is 1.60. The number of carbonyl (C=O) groups excluding carboxylic acids is 1. The van der Waals surface area contributed by atoms with Gasteiger partial charge in [-0.15, -0.1) is 11.3 Å². The van der Waals surface area contributed by atoms with Gasteiger partial charge in [-0.1, -0.05) is 18.2 Å². The van der Waals surface area contributed by atoms with E-state index in [2.05, 4.69) is 9.82 Å². The second kappa shape index (κ2) is 6.37. The lowest BCUT2D eigenvalue weighted by Crippen LogP contribution is -2.23. The Bertz CT molecular complexity index is 872. The summed E-state index contributed by atoms with van der Waals surface area (Å²) in [5.74, 6) is -0.0984. The van der Waals surface area contributed by atoms with Gasteiger partial charge in [0.1, 0.15) is 0 Å². The third-order valence-corrected chi connectivity index (χ3v) is 5.21.